The molecule has 7 heteroatoms. The Morgan fingerprint density at radius 1 is 0.590 bits per heavy atom. The van der Waals surface area contributed by atoms with E-state index in [-0.39, 0.29) is 5.91 Å². The summed E-state index contributed by atoms with van der Waals surface area (Å²) in [4.78, 5) is 14.8. The van der Waals surface area contributed by atoms with E-state index in [1.807, 2.05) is 0 Å². The molecule has 1 saturated heterocycles. The van der Waals surface area contributed by atoms with Crippen LogP contribution in [0.1, 0.15) is 155 Å². The van der Waals surface area contributed by atoms with Crippen LogP contribution in [0.3, 0.4) is 0 Å². The summed E-state index contributed by atoms with van der Waals surface area (Å²) in [5, 5.41) is 40.7. The lowest BCUT2D eigenvalue weighted by Gasteiger charge is -2.44. The van der Waals surface area contributed by atoms with Crippen molar-refractivity contribution in [3.63, 3.8) is 0 Å². The Morgan fingerprint density at radius 2 is 1.00 bits per heavy atom. The normalized spacial score (nSPS) is 23.3. The average molecular weight is 558 g/mol. The maximum atomic E-state index is 13.2. The molecular formula is C32H63NO6. The van der Waals surface area contributed by atoms with Gasteiger partial charge in [-0.1, -0.05) is 136 Å². The van der Waals surface area contributed by atoms with Crippen molar-refractivity contribution in [1.82, 2.24) is 4.90 Å². The van der Waals surface area contributed by atoms with Gasteiger partial charge in [0, 0.05) is 13.0 Å². The molecule has 0 unspecified atom stereocenters. The first-order valence-corrected chi connectivity index (χ1v) is 16.6. The first-order valence-electron chi connectivity index (χ1n) is 16.6. The Kier molecular flexibility index (Phi) is 22.3. The molecule has 232 valence electrons. The van der Waals surface area contributed by atoms with Crippen LogP contribution in [-0.4, -0.2) is 75.0 Å². The van der Waals surface area contributed by atoms with Gasteiger partial charge in [-0.25, -0.2) is 0 Å². The van der Waals surface area contributed by atoms with Gasteiger partial charge in [0.05, 0.1) is 6.61 Å². The topological polar surface area (TPSA) is 110 Å². The summed E-state index contributed by atoms with van der Waals surface area (Å²) in [5.41, 5.74) is 0. The van der Waals surface area contributed by atoms with Gasteiger partial charge in [-0.15, -0.1) is 0 Å². The minimum Gasteiger partial charge on any atom is -0.394 e. The second-order valence-corrected chi connectivity index (χ2v) is 11.8. The van der Waals surface area contributed by atoms with Gasteiger partial charge < -0.3 is 30.1 Å². The van der Waals surface area contributed by atoms with Crippen molar-refractivity contribution in [2.75, 3.05) is 13.2 Å². The van der Waals surface area contributed by atoms with E-state index in [0.717, 1.165) is 38.5 Å². The third-order valence-electron chi connectivity index (χ3n) is 8.24. The van der Waals surface area contributed by atoms with E-state index in [0.29, 0.717) is 13.0 Å². The standard InChI is InChI=1S/C32H63NO6/c1-3-5-7-9-11-13-14-15-17-19-21-23-25-33(32-31(38)30(37)29(36)27(26-34)39-32)28(35)24-22-20-18-16-12-10-8-6-4-2/h27,29-32,34,36-38H,3-26H2,1-2H3/t27-,29-,30+,31-,32-/m1/s1. The third kappa shape index (κ3) is 15.7. The smallest absolute Gasteiger partial charge is 0.224 e. The van der Waals surface area contributed by atoms with E-state index in [1.165, 1.54) is 96.3 Å². The predicted octanol–water partition coefficient (Wildman–Crippen LogP) is 6.24. The zero-order valence-corrected chi connectivity index (χ0v) is 25.4. The van der Waals surface area contributed by atoms with E-state index in [9.17, 15) is 25.2 Å². The van der Waals surface area contributed by atoms with Crippen LogP contribution >= 0.6 is 0 Å². The minimum atomic E-state index is -1.47. The number of carbonyl (C=O) groups excluding carboxylic acids is 1. The molecule has 0 saturated carbocycles. The number of rotatable bonds is 25. The van der Waals surface area contributed by atoms with Crippen LogP contribution in [0.25, 0.3) is 0 Å². The number of hydrogen-bond donors (Lipinski definition) is 4. The van der Waals surface area contributed by atoms with Gasteiger partial charge in [-0.3, -0.25) is 4.79 Å². The molecule has 5 atom stereocenters. The van der Waals surface area contributed by atoms with Crippen molar-refractivity contribution < 1.29 is 30.0 Å². The monoisotopic (exact) mass is 557 g/mol. The zero-order chi connectivity index (χ0) is 28.7. The van der Waals surface area contributed by atoms with Crippen molar-refractivity contribution in [3.05, 3.63) is 0 Å². The molecule has 4 N–H and O–H groups in total. The van der Waals surface area contributed by atoms with Crippen LogP contribution in [0, 0.1) is 0 Å². The lowest BCUT2D eigenvalue weighted by Crippen LogP contribution is -2.64. The molecule has 1 fully saturated rings. The summed E-state index contributed by atoms with van der Waals surface area (Å²) in [6.45, 7) is 4.43. The van der Waals surface area contributed by atoms with Gasteiger partial charge in [0.15, 0.2) is 6.23 Å². The molecule has 0 radical (unpaired) electrons. The van der Waals surface area contributed by atoms with Crippen LogP contribution in [0.15, 0.2) is 0 Å². The van der Waals surface area contributed by atoms with Gasteiger partial charge >= 0.3 is 0 Å². The Balaban J connectivity index is 2.44. The van der Waals surface area contributed by atoms with E-state index < -0.39 is 37.3 Å². The second kappa shape index (κ2) is 23.9. The molecular weight excluding hydrogens is 494 g/mol. The number of unbranched alkanes of at least 4 members (excludes halogenated alkanes) is 19. The van der Waals surface area contributed by atoms with E-state index in [2.05, 4.69) is 13.8 Å². The lowest BCUT2D eigenvalue weighted by atomic mass is 9.97. The van der Waals surface area contributed by atoms with Crippen LogP contribution < -0.4 is 0 Å². The lowest BCUT2D eigenvalue weighted by molar-refractivity contribution is -0.262. The summed E-state index contributed by atoms with van der Waals surface area (Å²) in [7, 11) is 0. The van der Waals surface area contributed by atoms with Gasteiger partial charge in [-0.2, -0.15) is 0 Å². The fraction of sp³-hybridized carbons (Fsp3) is 0.969. The van der Waals surface area contributed by atoms with Crippen LogP contribution in [0.5, 0.6) is 0 Å². The number of carbonyl (C=O) groups is 1. The maximum Gasteiger partial charge on any atom is 0.224 e. The molecule has 0 aromatic rings. The third-order valence-corrected chi connectivity index (χ3v) is 8.24. The van der Waals surface area contributed by atoms with Crippen LogP contribution in [0.2, 0.25) is 0 Å². The molecule has 1 aliphatic rings. The molecule has 1 heterocycles. The summed E-state index contributed by atoms with van der Waals surface area (Å²) < 4.78 is 5.76. The highest BCUT2D eigenvalue weighted by Gasteiger charge is 2.46. The second-order valence-electron chi connectivity index (χ2n) is 11.8. The quantitative estimate of drug-likeness (QED) is 0.0990. The highest BCUT2D eigenvalue weighted by atomic mass is 16.6. The van der Waals surface area contributed by atoms with E-state index >= 15 is 0 Å². The summed E-state index contributed by atoms with van der Waals surface area (Å²) in [5.74, 6) is -0.0923. The summed E-state index contributed by atoms with van der Waals surface area (Å²) in [6.07, 6.45) is 19.2. The molecule has 1 aliphatic heterocycles. The molecule has 0 aromatic carbocycles. The summed E-state index contributed by atoms with van der Waals surface area (Å²) in [6, 6.07) is 0. The molecule has 7 nitrogen and oxygen atoms in total. The fourth-order valence-corrected chi connectivity index (χ4v) is 5.59. The molecule has 0 spiro atoms. The molecule has 0 bridgehead atoms. The van der Waals surface area contributed by atoms with Crippen LogP contribution in [-0.2, 0) is 9.53 Å². The SMILES string of the molecule is CCCCCCCCCCCCCCN(C(=O)CCCCCCCCCCC)[C@@H]1O[C@H](CO)[C@@H](O)[C@H](O)[C@H]1O. The van der Waals surface area contributed by atoms with Gasteiger partial charge in [0.2, 0.25) is 5.91 Å². The highest BCUT2D eigenvalue weighted by molar-refractivity contribution is 5.76. The van der Waals surface area contributed by atoms with Crippen molar-refractivity contribution in [1.29, 1.82) is 0 Å². The van der Waals surface area contributed by atoms with Crippen LogP contribution in [0.4, 0.5) is 0 Å². The number of aliphatic hydroxyl groups excluding tert-OH is 4. The molecule has 1 rings (SSSR count). The van der Waals surface area contributed by atoms with Gasteiger partial charge in [0.25, 0.3) is 0 Å². The van der Waals surface area contributed by atoms with Gasteiger partial charge in [-0.05, 0) is 12.8 Å². The van der Waals surface area contributed by atoms with E-state index in [1.54, 1.807) is 4.90 Å². The van der Waals surface area contributed by atoms with Crippen molar-refractivity contribution in [3.8, 4) is 0 Å². The first-order chi connectivity index (χ1) is 19.0. The molecule has 0 aliphatic carbocycles. The minimum absolute atomic E-state index is 0.0923. The number of amides is 1. The highest BCUT2D eigenvalue weighted by Crippen LogP contribution is 2.25. The fourth-order valence-electron chi connectivity index (χ4n) is 5.59. The summed E-state index contributed by atoms with van der Waals surface area (Å²) >= 11 is 0. The Hall–Kier alpha value is -0.730. The number of ether oxygens (including phenoxy) is 1. The maximum absolute atomic E-state index is 13.2. The number of aliphatic hydroxyl groups is 4. The zero-order valence-electron chi connectivity index (χ0n) is 25.4. The largest absolute Gasteiger partial charge is 0.394 e. The Bertz CT molecular complexity index is 575. The molecule has 1 amide bonds. The van der Waals surface area contributed by atoms with E-state index in [4.69, 9.17) is 4.74 Å². The first kappa shape index (κ1) is 36.3. The number of hydrogen-bond acceptors (Lipinski definition) is 6. The Morgan fingerprint density at radius 3 is 1.44 bits per heavy atom. The predicted molar refractivity (Wildman–Crippen MR) is 158 cm³/mol. The van der Waals surface area contributed by atoms with Gasteiger partial charge in [0.1, 0.15) is 24.4 Å². The van der Waals surface area contributed by atoms with Crippen molar-refractivity contribution in [2.24, 2.45) is 0 Å². The average Bonchev–Trinajstić information content (AvgIpc) is 2.94. The van der Waals surface area contributed by atoms with Crippen molar-refractivity contribution >= 4 is 5.91 Å². The molecule has 39 heavy (non-hydrogen) atoms. The van der Waals surface area contributed by atoms with Crippen molar-refractivity contribution in [2.45, 2.75) is 186 Å². The molecule has 0 aromatic heterocycles. The number of nitrogens with zero attached hydrogens (tertiary/aromatic N) is 1. The Labute approximate surface area is 239 Å².